The molecule has 0 radical (unpaired) electrons. The Morgan fingerprint density at radius 1 is 1.06 bits per heavy atom. The van der Waals surface area contributed by atoms with Crippen LogP contribution in [0.15, 0.2) is 54.6 Å². The molecule has 0 bridgehead atoms. The van der Waals surface area contributed by atoms with Gasteiger partial charge in [0.1, 0.15) is 6.04 Å². The van der Waals surface area contributed by atoms with Gasteiger partial charge in [-0.05, 0) is 22.8 Å². The molecule has 92 valence electrons. The fraction of sp³-hybridized carbons (Fsp3) is 0.133. The molecule has 0 amide bonds. The predicted octanol–water partition coefficient (Wildman–Crippen LogP) is 2.53. The molecule has 1 atom stereocenters. The largest absolute Gasteiger partial charge is 0.468 e. The molecule has 2 rings (SSSR count). The molecule has 0 aromatic heterocycles. The Morgan fingerprint density at radius 3 is 2.39 bits per heavy atom. The number of hydrogen-bond acceptors (Lipinski definition) is 3. The number of benzene rings is 2. The Bertz CT molecular complexity index is 537. The van der Waals surface area contributed by atoms with E-state index in [1.54, 1.807) is 0 Å². The first-order chi connectivity index (χ1) is 8.72. The SMILES string of the molecule is COC(=O)[C@H](N)c1cccc(-c2ccccc2)c1. The van der Waals surface area contributed by atoms with E-state index in [2.05, 4.69) is 4.74 Å². The van der Waals surface area contributed by atoms with Gasteiger partial charge in [0, 0.05) is 0 Å². The minimum Gasteiger partial charge on any atom is -0.468 e. The van der Waals surface area contributed by atoms with Crippen LogP contribution in [0.5, 0.6) is 0 Å². The van der Waals surface area contributed by atoms with Crippen molar-refractivity contribution in [3.63, 3.8) is 0 Å². The number of rotatable bonds is 3. The molecule has 2 aromatic rings. The smallest absolute Gasteiger partial charge is 0.327 e. The van der Waals surface area contributed by atoms with Crippen LogP contribution in [0.25, 0.3) is 11.1 Å². The number of carbonyl (C=O) groups excluding carboxylic acids is 1. The van der Waals surface area contributed by atoms with E-state index in [1.807, 2.05) is 54.6 Å². The Morgan fingerprint density at radius 2 is 1.72 bits per heavy atom. The fourth-order valence-corrected chi connectivity index (χ4v) is 1.81. The topological polar surface area (TPSA) is 52.3 Å². The predicted molar refractivity (Wildman–Crippen MR) is 70.8 cm³/mol. The molecule has 0 aliphatic heterocycles. The van der Waals surface area contributed by atoms with Crippen LogP contribution in [0.2, 0.25) is 0 Å². The summed E-state index contributed by atoms with van der Waals surface area (Å²) in [5, 5.41) is 0. The van der Waals surface area contributed by atoms with Crippen LogP contribution in [-0.4, -0.2) is 13.1 Å². The van der Waals surface area contributed by atoms with Gasteiger partial charge in [-0.3, -0.25) is 4.79 Å². The van der Waals surface area contributed by atoms with Crippen molar-refractivity contribution in [1.82, 2.24) is 0 Å². The summed E-state index contributed by atoms with van der Waals surface area (Å²) < 4.78 is 4.65. The van der Waals surface area contributed by atoms with Crippen molar-refractivity contribution >= 4 is 5.97 Å². The summed E-state index contributed by atoms with van der Waals surface area (Å²) in [5.41, 5.74) is 8.70. The number of nitrogens with two attached hydrogens (primary N) is 1. The molecule has 0 heterocycles. The highest BCUT2D eigenvalue weighted by Gasteiger charge is 2.16. The summed E-state index contributed by atoms with van der Waals surface area (Å²) >= 11 is 0. The third-order valence-corrected chi connectivity index (χ3v) is 2.81. The average molecular weight is 241 g/mol. The third-order valence-electron chi connectivity index (χ3n) is 2.81. The van der Waals surface area contributed by atoms with Gasteiger partial charge in [0.25, 0.3) is 0 Å². The quantitative estimate of drug-likeness (QED) is 0.840. The van der Waals surface area contributed by atoms with Crippen molar-refractivity contribution in [2.24, 2.45) is 5.73 Å². The number of hydrogen-bond donors (Lipinski definition) is 1. The van der Waals surface area contributed by atoms with Crippen LogP contribution in [0, 0.1) is 0 Å². The first-order valence-corrected chi connectivity index (χ1v) is 5.71. The van der Waals surface area contributed by atoms with E-state index in [0.29, 0.717) is 0 Å². The second-order valence-corrected chi connectivity index (χ2v) is 3.99. The number of ether oxygens (including phenoxy) is 1. The van der Waals surface area contributed by atoms with Crippen LogP contribution in [0.3, 0.4) is 0 Å². The number of esters is 1. The molecule has 3 nitrogen and oxygen atoms in total. The highest BCUT2D eigenvalue weighted by molar-refractivity contribution is 5.78. The first-order valence-electron chi connectivity index (χ1n) is 5.71. The molecule has 0 aliphatic rings. The first kappa shape index (κ1) is 12.3. The lowest BCUT2D eigenvalue weighted by atomic mass is 10.00. The van der Waals surface area contributed by atoms with Crippen LogP contribution >= 0.6 is 0 Å². The van der Waals surface area contributed by atoms with Crippen molar-refractivity contribution in [3.8, 4) is 11.1 Å². The summed E-state index contributed by atoms with van der Waals surface area (Å²) in [6.45, 7) is 0. The minimum absolute atomic E-state index is 0.430. The average Bonchev–Trinajstić information content (AvgIpc) is 2.46. The molecule has 2 aromatic carbocycles. The van der Waals surface area contributed by atoms with Gasteiger partial charge in [-0.1, -0.05) is 48.5 Å². The monoisotopic (exact) mass is 241 g/mol. The Labute approximate surface area is 106 Å². The maximum atomic E-state index is 11.4. The van der Waals surface area contributed by atoms with Gasteiger partial charge >= 0.3 is 5.97 Å². The second-order valence-electron chi connectivity index (χ2n) is 3.99. The van der Waals surface area contributed by atoms with E-state index in [-0.39, 0.29) is 0 Å². The summed E-state index contributed by atoms with van der Waals surface area (Å²) in [6.07, 6.45) is 0. The lowest BCUT2D eigenvalue weighted by Crippen LogP contribution is -2.22. The van der Waals surface area contributed by atoms with Crippen LogP contribution in [0.4, 0.5) is 0 Å². The van der Waals surface area contributed by atoms with Crippen molar-refractivity contribution in [3.05, 3.63) is 60.2 Å². The maximum Gasteiger partial charge on any atom is 0.327 e. The van der Waals surface area contributed by atoms with Crippen molar-refractivity contribution < 1.29 is 9.53 Å². The lowest BCUT2D eigenvalue weighted by molar-refractivity contribution is -0.142. The van der Waals surface area contributed by atoms with E-state index < -0.39 is 12.0 Å². The lowest BCUT2D eigenvalue weighted by Gasteiger charge is -2.11. The van der Waals surface area contributed by atoms with E-state index >= 15 is 0 Å². The highest BCUT2D eigenvalue weighted by atomic mass is 16.5. The Balaban J connectivity index is 2.34. The van der Waals surface area contributed by atoms with E-state index in [4.69, 9.17) is 5.73 Å². The van der Waals surface area contributed by atoms with Crippen molar-refractivity contribution in [2.45, 2.75) is 6.04 Å². The molecule has 0 saturated heterocycles. The van der Waals surface area contributed by atoms with E-state index in [1.165, 1.54) is 7.11 Å². The Kier molecular flexibility index (Phi) is 3.75. The van der Waals surface area contributed by atoms with Gasteiger partial charge in [-0.25, -0.2) is 0 Å². The maximum absolute atomic E-state index is 11.4. The zero-order chi connectivity index (χ0) is 13.0. The summed E-state index contributed by atoms with van der Waals surface area (Å²) in [5.74, 6) is -0.430. The van der Waals surface area contributed by atoms with Gasteiger partial charge in [-0.15, -0.1) is 0 Å². The van der Waals surface area contributed by atoms with E-state index in [9.17, 15) is 4.79 Å². The normalized spacial score (nSPS) is 11.9. The van der Waals surface area contributed by atoms with Crippen LogP contribution in [-0.2, 0) is 9.53 Å². The molecule has 18 heavy (non-hydrogen) atoms. The summed E-state index contributed by atoms with van der Waals surface area (Å²) in [7, 11) is 1.34. The van der Waals surface area contributed by atoms with Gasteiger partial charge in [-0.2, -0.15) is 0 Å². The third kappa shape index (κ3) is 2.57. The molecule has 0 unspecified atom stereocenters. The van der Waals surface area contributed by atoms with Crippen LogP contribution < -0.4 is 5.73 Å². The Hall–Kier alpha value is -2.13. The number of carbonyl (C=O) groups is 1. The standard InChI is InChI=1S/C15H15NO2/c1-18-15(17)14(16)13-9-5-8-12(10-13)11-6-3-2-4-7-11/h2-10,14H,16H2,1H3/t14-/m1/s1. The summed E-state index contributed by atoms with van der Waals surface area (Å²) in [6, 6.07) is 16.8. The molecule has 0 saturated carbocycles. The van der Waals surface area contributed by atoms with Gasteiger partial charge in [0.05, 0.1) is 7.11 Å². The molecular formula is C15H15NO2. The van der Waals surface area contributed by atoms with Gasteiger partial charge < -0.3 is 10.5 Å². The zero-order valence-electron chi connectivity index (χ0n) is 10.2. The van der Waals surface area contributed by atoms with E-state index in [0.717, 1.165) is 16.7 Å². The van der Waals surface area contributed by atoms with Crippen molar-refractivity contribution in [2.75, 3.05) is 7.11 Å². The molecule has 3 heteroatoms. The molecule has 0 aliphatic carbocycles. The molecule has 0 fully saturated rings. The molecule has 0 spiro atoms. The number of methoxy groups -OCH3 is 1. The molecule has 2 N–H and O–H groups in total. The fourth-order valence-electron chi connectivity index (χ4n) is 1.81. The van der Waals surface area contributed by atoms with Crippen molar-refractivity contribution in [1.29, 1.82) is 0 Å². The molecular weight excluding hydrogens is 226 g/mol. The highest BCUT2D eigenvalue weighted by Crippen LogP contribution is 2.22. The second kappa shape index (κ2) is 5.47. The van der Waals surface area contributed by atoms with Gasteiger partial charge in [0.15, 0.2) is 0 Å². The van der Waals surface area contributed by atoms with Crippen LogP contribution in [0.1, 0.15) is 11.6 Å². The zero-order valence-corrected chi connectivity index (χ0v) is 10.2. The minimum atomic E-state index is -0.737. The van der Waals surface area contributed by atoms with Gasteiger partial charge in [0.2, 0.25) is 0 Å². The summed E-state index contributed by atoms with van der Waals surface area (Å²) in [4.78, 5) is 11.4.